The SMILES string of the molecule is CN=C(NCc1cc2ccccc2[nH]1)N1CCC2(CCC2)C1.I. The molecule has 5 heteroatoms. The van der Waals surface area contributed by atoms with Crippen molar-refractivity contribution in [2.75, 3.05) is 20.1 Å². The summed E-state index contributed by atoms with van der Waals surface area (Å²) in [5, 5.41) is 4.79. The minimum absolute atomic E-state index is 0. The summed E-state index contributed by atoms with van der Waals surface area (Å²) in [6.45, 7) is 3.12. The van der Waals surface area contributed by atoms with E-state index in [0.717, 1.165) is 19.0 Å². The van der Waals surface area contributed by atoms with Crippen LogP contribution >= 0.6 is 24.0 Å². The molecule has 1 saturated heterocycles. The molecule has 2 aromatic rings. The van der Waals surface area contributed by atoms with Gasteiger partial charge in [-0.15, -0.1) is 24.0 Å². The van der Waals surface area contributed by atoms with Crippen molar-refractivity contribution < 1.29 is 0 Å². The van der Waals surface area contributed by atoms with Crippen LogP contribution in [0.15, 0.2) is 35.3 Å². The molecule has 2 fully saturated rings. The fourth-order valence-corrected chi connectivity index (χ4v) is 3.94. The van der Waals surface area contributed by atoms with Crippen LogP contribution in [0.3, 0.4) is 0 Å². The monoisotopic (exact) mass is 424 g/mol. The van der Waals surface area contributed by atoms with Gasteiger partial charge in [0.15, 0.2) is 5.96 Å². The van der Waals surface area contributed by atoms with Gasteiger partial charge in [0.2, 0.25) is 0 Å². The second-order valence-electron chi connectivity index (χ2n) is 6.81. The third-order valence-electron chi connectivity index (χ3n) is 5.39. The number of nitrogens with one attached hydrogen (secondary N) is 2. The third-order valence-corrected chi connectivity index (χ3v) is 5.39. The van der Waals surface area contributed by atoms with Crippen LogP contribution < -0.4 is 5.32 Å². The van der Waals surface area contributed by atoms with Crippen LogP contribution in [0.1, 0.15) is 31.4 Å². The molecule has 23 heavy (non-hydrogen) atoms. The molecule has 0 unspecified atom stereocenters. The summed E-state index contributed by atoms with van der Waals surface area (Å²) in [7, 11) is 1.89. The Kier molecular flexibility index (Phi) is 4.85. The van der Waals surface area contributed by atoms with E-state index in [9.17, 15) is 0 Å². The number of guanidine groups is 1. The number of hydrogen-bond acceptors (Lipinski definition) is 1. The van der Waals surface area contributed by atoms with Gasteiger partial charge in [0.25, 0.3) is 0 Å². The Morgan fingerprint density at radius 2 is 2.13 bits per heavy atom. The Hall–Kier alpha value is -1.24. The van der Waals surface area contributed by atoms with Gasteiger partial charge in [0.1, 0.15) is 0 Å². The Labute approximate surface area is 154 Å². The summed E-state index contributed by atoms with van der Waals surface area (Å²) in [4.78, 5) is 10.4. The first kappa shape index (κ1) is 16.6. The predicted molar refractivity (Wildman–Crippen MR) is 106 cm³/mol. The van der Waals surface area contributed by atoms with E-state index < -0.39 is 0 Å². The van der Waals surface area contributed by atoms with Crippen molar-refractivity contribution in [2.24, 2.45) is 10.4 Å². The Balaban J connectivity index is 0.00000156. The molecule has 2 N–H and O–H groups in total. The van der Waals surface area contributed by atoms with Gasteiger partial charge in [-0.1, -0.05) is 24.6 Å². The standard InChI is InChI=1S/C18H24N4.HI/c1-19-17(22-10-9-18(13-22)7-4-8-18)20-12-15-11-14-5-2-3-6-16(14)21-15;/h2-3,5-6,11,21H,4,7-10,12-13H2,1H3,(H,19,20);1H. The number of fused-ring (bicyclic) bond motifs is 1. The van der Waals surface area contributed by atoms with Crippen molar-refractivity contribution in [2.45, 2.75) is 32.2 Å². The van der Waals surface area contributed by atoms with Crippen molar-refractivity contribution in [3.63, 3.8) is 0 Å². The van der Waals surface area contributed by atoms with Crippen molar-refractivity contribution >= 4 is 40.8 Å². The van der Waals surface area contributed by atoms with Crippen molar-refractivity contribution in [1.82, 2.24) is 15.2 Å². The zero-order valence-electron chi connectivity index (χ0n) is 13.6. The van der Waals surface area contributed by atoms with Crippen LogP contribution in [0.5, 0.6) is 0 Å². The number of aromatic amines is 1. The molecule has 1 aliphatic heterocycles. The summed E-state index contributed by atoms with van der Waals surface area (Å²) in [5.74, 6) is 1.04. The quantitative estimate of drug-likeness (QED) is 0.438. The Bertz CT molecular complexity index is 669. The van der Waals surface area contributed by atoms with Gasteiger partial charge in [-0.25, -0.2) is 0 Å². The maximum atomic E-state index is 4.48. The highest BCUT2D eigenvalue weighted by atomic mass is 127. The molecule has 1 aliphatic carbocycles. The number of likely N-dealkylation sites (tertiary alicyclic amines) is 1. The lowest BCUT2D eigenvalue weighted by Crippen LogP contribution is -2.42. The summed E-state index contributed by atoms with van der Waals surface area (Å²) in [5.41, 5.74) is 3.02. The van der Waals surface area contributed by atoms with Gasteiger partial charge < -0.3 is 15.2 Å². The Morgan fingerprint density at radius 3 is 2.78 bits per heavy atom. The molecule has 124 valence electrons. The summed E-state index contributed by atoms with van der Waals surface area (Å²) < 4.78 is 0. The first-order valence-corrected chi connectivity index (χ1v) is 8.30. The lowest BCUT2D eigenvalue weighted by Gasteiger charge is -2.38. The number of aliphatic imine (C=N–C) groups is 1. The summed E-state index contributed by atoms with van der Waals surface area (Å²) in [6, 6.07) is 10.6. The molecule has 2 heterocycles. The zero-order chi connectivity index (χ0) is 15.0. The van der Waals surface area contributed by atoms with Gasteiger partial charge in [0, 0.05) is 31.3 Å². The van der Waals surface area contributed by atoms with Gasteiger partial charge in [-0.2, -0.15) is 0 Å². The van der Waals surface area contributed by atoms with Crippen LogP contribution in [0.25, 0.3) is 10.9 Å². The van der Waals surface area contributed by atoms with E-state index in [-0.39, 0.29) is 24.0 Å². The summed E-state index contributed by atoms with van der Waals surface area (Å²) in [6.07, 6.45) is 5.56. The largest absolute Gasteiger partial charge is 0.357 e. The lowest BCUT2D eigenvalue weighted by molar-refractivity contribution is 0.151. The molecule has 1 spiro atoms. The van der Waals surface area contributed by atoms with E-state index in [2.05, 4.69) is 50.5 Å². The van der Waals surface area contributed by atoms with Crippen molar-refractivity contribution in [1.29, 1.82) is 0 Å². The highest BCUT2D eigenvalue weighted by Crippen LogP contribution is 2.47. The fraction of sp³-hybridized carbons (Fsp3) is 0.500. The normalized spacial score (nSPS) is 19.7. The number of para-hydroxylation sites is 1. The molecular weight excluding hydrogens is 399 g/mol. The van der Waals surface area contributed by atoms with E-state index in [0.29, 0.717) is 5.41 Å². The molecule has 0 radical (unpaired) electrons. The molecule has 1 aromatic heterocycles. The molecule has 0 amide bonds. The van der Waals surface area contributed by atoms with E-state index in [1.165, 1.54) is 48.8 Å². The van der Waals surface area contributed by atoms with Crippen LogP contribution in [-0.4, -0.2) is 36.0 Å². The molecule has 0 atom stereocenters. The molecule has 4 nitrogen and oxygen atoms in total. The minimum atomic E-state index is 0. The van der Waals surface area contributed by atoms with E-state index in [4.69, 9.17) is 0 Å². The highest BCUT2D eigenvalue weighted by molar-refractivity contribution is 14.0. The average molecular weight is 424 g/mol. The van der Waals surface area contributed by atoms with Gasteiger partial charge in [0.05, 0.1) is 6.54 Å². The smallest absolute Gasteiger partial charge is 0.193 e. The topological polar surface area (TPSA) is 43.4 Å². The van der Waals surface area contributed by atoms with Crippen LogP contribution in [0.2, 0.25) is 0 Å². The molecule has 1 aromatic carbocycles. The van der Waals surface area contributed by atoms with Gasteiger partial charge in [-0.05, 0) is 42.2 Å². The second-order valence-corrected chi connectivity index (χ2v) is 6.81. The number of halogens is 1. The summed E-state index contributed by atoms with van der Waals surface area (Å²) >= 11 is 0. The number of nitrogens with zero attached hydrogens (tertiary/aromatic N) is 2. The zero-order valence-corrected chi connectivity index (χ0v) is 16.0. The van der Waals surface area contributed by atoms with E-state index >= 15 is 0 Å². The van der Waals surface area contributed by atoms with Crippen LogP contribution in [0.4, 0.5) is 0 Å². The van der Waals surface area contributed by atoms with Crippen LogP contribution in [-0.2, 0) is 6.54 Å². The second kappa shape index (κ2) is 6.71. The minimum Gasteiger partial charge on any atom is -0.357 e. The van der Waals surface area contributed by atoms with Crippen LogP contribution in [0, 0.1) is 5.41 Å². The number of rotatable bonds is 2. The number of H-pyrrole nitrogens is 1. The van der Waals surface area contributed by atoms with Gasteiger partial charge >= 0.3 is 0 Å². The first-order chi connectivity index (χ1) is 10.8. The number of hydrogen-bond donors (Lipinski definition) is 2. The molecule has 2 aliphatic rings. The van der Waals surface area contributed by atoms with Crippen molar-refractivity contribution in [3.05, 3.63) is 36.0 Å². The maximum Gasteiger partial charge on any atom is 0.193 e. The third kappa shape index (κ3) is 3.20. The Morgan fingerprint density at radius 1 is 1.30 bits per heavy atom. The van der Waals surface area contributed by atoms with Crippen molar-refractivity contribution in [3.8, 4) is 0 Å². The number of benzene rings is 1. The molecule has 1 saturated carbocycles. The fourth-order valence-electron chi connectivity index (χ4n) is 3.94. The van der Waals surface area contributed by atoms with E-state index in [1.807, 2.05) is 7.05 Å². The average Bonchev–Trinajstić information content (AvgIpc) is 3.11. The first-order valence-electron chi connectivity index (χ1n) is 8.30. The highest BCUT2D eigenvalue weighted by Gasteiger charge is 2.43. The lowest BCUT2D eigenvalue weighted by atomic mass is 9.68. The van der Waals surface area contributed by atoms with Gasteiger partial charge in [-0.3, -0.25) is 4.99 Å². The maximum absolute atomic E-state index is 4.48. The predicted octanol–water partition coefficient (Wildman–Crippen LogP) is 3.74. The molecular formula is C18H25IN4. The molecule has 4 rings (SSSR count). The molecule has 0 bridgehead atoms. The van der Waals surface area contributed by atoms with E-state index in [1.54, 1.807) is 0 Å². The number of aromatic nitrogens is 1.